The van der Waals surface area contributed by atoms with E-state index in [1.54, 1.807) is 60.7 Å². The van der Waals surface area contributed by atoms with E-state index in [0.29, 0.717) is 27.5 Å². The molecule has 0 atom stereocenters. The molecule has 0 radical (unpaired) electrons. The highest BCUT2D eigenvalue weighted by Gasteiger charge is 2.15. The van der Waals surface area contributed by atoms with Gasteiger partial charge in [-0.25, -0.2) is 4.79 Å². The van der Waals surface area contributed by atoms with Crippen molar-refractivity contribution in [3.05, 3.63) is 95.0 Å². The Bertz CT molecular complexity index is 910. The standard InChI is InChI=1S/C20H15ClN2O2/c21-15-8-6-7-14(13-15)19(24)17-11-4-5-12-18(17)23-20(25)22-16-9-2-1-3-10-16/h1-13H,(H2,22,23,25). The second-order valence-electron chi connectivity index (χ2n) is 5.33. The van der Waals surface area contributed by atoms with E-state index in [0.717, 1.165) is 0 Å². The second-order valence-corrected chi connectivity index (χ2v) is 5.77. The van der Waals surface area contributed by atoms with Gasteiger partial charge in [0, 0.05) is 21.8 Å². The molecular formula is C20H15ClN2O2. The maximum Gasteiger partial charge on any atom is 0.323 e. The van der Waals surface area contributed by atoms with Crippen molar-refractivity contribution in [1.82, 2.24) is 0 Å². The van der Waals surface area contributed by atoms with Gasteiger partial charge in [-0.05, 0) is 36.4 Å². The number of anilines is 2. The first kappa shape index (κ1) is 16.7. The molecule has 3 aromatic rings. The number of halogens is 1. The summed E-state index contributed by atoms with van der Waals surface area (Å²) in [6.45, 7) is 0. The summed E-state index contributed by atoms with van der Waals surface area (Å²) in [6.07, 6.45) is 0. The van der Waals surface area contributed by atoms with Crippen molar-refractivity contribution < 1.29 is 9.59 Å². The van der Waals surface area contributed by atoms with E-state index in [2.05, 4.69) is 10.6 Å². The Kier molecular flexibility index (Phi) is 5.11. The summed E-state index contributed by atoms with van der Waals surface area (Å²) in [5.41, 5.74) is 1.96. The van der Waals surface area contributed by atoms with Crippen molar-refractivity contribution in [2.75, 3.05) is 10.6 Å². The SMILES string of the molecule is O=C(Nc1ccccc1)Nc1ccccc1C(=O)c1cccc(Cl)c1. The summed E-state index contributed by atoms with van der Waals surface area (Å²) < 4.78 is 0. The van der Waals surface area contributed by atoms with Crippen LogP contribution in [0.15, 0.2) is 78.9 Å². The molecule has 3 rings (SSSR count). The van der Waals surface area contributed by atoms with E-state index in [4.69, 9.17) is 11.6 Å². The normalized spacial score (nSPS) is 10.1. The molecule has 0 heterocycles. The lowest BCUT2D eigenvalue weighted by molar-refractivity contribution is 0.103. The first-order valence-electron chi connectivity index (χ1n) is 7.66. The maximum atomic E-state index is 12.7. The minimum Gasteiger partial charge on any atom is -0.308 e. The number of rotatable bonds is 4. The van der Waals surface area contributed by atoms with Gasteiger partial charge in [0.25, 0.3) is 0 Å². The summed E-state index contributed by atoms with van der Waals surface area (Å²) in [5, 5.41) is 5.93. The zero-order chi connectivity index (χ0) is 17.6. The number of amides is 2. The molecule has 0 aliphatic carbocycles. The maximum absolute atomic E-state index is 12.7. The first-order valence-corrected chi connectivity index (χ1v) is 8.03. The monoisotopic (exact) mass is 350 g/mol. The van der Waals surface area contributed by atoms with Gasteiger partial charge in [0.05, 0.1) is 5.69 Å². The number of nitrogens with one attached hydrogen (secondary N) is 2. The molecule has 0 bridgehead atoms. The minimum atomic E-state index is -0.419. The highest BCUT2D eigenvalue weighted by molar-refractivity contribution is 6.31. The number of benzene rings is 3. The van der Waals surface area contributed by atoms with Crippen molar-refractivity contribution >= 4 is 34.8 Å². The summed E-state index contributed by atoms with van der Waals surface area (Å²) in [5.74, 6) is -0.210. The van der Waals surface area contributed by atoms with Gasteiger partial charge < -0.3 is 10.6 Å². The third kappa shape index (κ3) is 4.25. The molecule has 4 nitrogen and oxygen atoms in total. The topological polar surface area (TPSA) is 58.2 Å². The molecule has 124 valence electrons. The smallest absolute Gasteiger partial charge is 0.308 e. The Morgan fingerprint density at radius 1 is 0.760 bits per heavy atom. The van der Waals surface area contributed by atoms with Crippen LogP contribution in [0.25, 0.3) is 0 Å². The summed E-state index contributed by atoms with van der Waals surface area (Å²) >= 11 is 5.96. The Morgan fingerprint density at radius 2 is 1.48 bits per heavy atom. The fourth-order valence-electron chi connectivity index (χ4n) is 2.38. The van der Waals surface area contributed by atoms with Crippen molar-refractivity contribution in [1.29, 1.82) is 0 Å². The van der Waals surface area contributed by atoms with E-state index >= 15 is 0 Å². The Morgan fingerprint density at radius 3 is 2.24 bits per heavy atom. The van der Waals surface area contributed by atoms with Crippen LogP contribution in [-0.2, 0) is 0 Å². The van der Waals surface area contributed by atoms with Crippen LogP contribution in [0.4, 0.5) is 16.2 Å². The predicted molar refractivity (Wildman–Crippen MR) is 100 cm³/mol. The van der Waals surface area contributed by atoms with Crippen LogP contribution in [0.1, 0.15) is 15.9 Å². The average Bonchev–Trinajstić information content (AvgIpc) is 2.62. The second kappa shape index (κ2) is 7.64. The van der Waals surface area contributed by atoms with E-state index in [1.807, 2.05) is 18.2 Å². The molecule has 3 aromatic carbocycles. The predicted octanol–water partition coefficient (Wildman–Crippen LogP) is 5.22. The molecule has 0 unspecified atom stereocenters. The Labute approximate surface area is 150 Å². The molecule has 0 aliphatic heterocycles. The quantitative estimate of drug-likeness (QED) is 0.634. The number of urea groups is 1. The molecular weight excluding hydrogens is 336 g/mol. The molecule has 0 aliphatic rings. The van der Waals surface area contributed by atoms with Gasteiger partial charge >= 0.3 is 6.03 Å². The molecule has 5 heteroatoms. The number of para-hydroxylation sites is 2. The van der Waals surface area contributed by atoms with Crippen LogP contribution in [-0.4, -0.2) is 11.8 Å². The third-order valence-corrected chi connectivity index (χ3v) is 3.77. The lowest BCUT2D eigenvalue weighted by atomic mass is 10.0. The fourth-order valence-corrected chi connectivity index (χ4v) is 2.57. The van der Waals surface area contributed by atoms with Gasteiger partial charge in [-0.2, -0.15) is 0 Å². The van der Waals surface area contributed by atoms with Gasteiger partial charge in [0.1, 0.15) is 0 Å². The average molecular weight is 351 g/mol. The van der Waals surface area contributed by atoms with Crippen LogP contribution >= 0.6 is 11.6 Å². The van der Waals surface area contributed by atoms with Crippen LogP contribution < -0.4 is 10.6 Å². The molecule has 0 fully saturated rings. The number of carbonyl (C=O) groups excluding carboxylic acids is 2. The first-order chi connectivity index (χ1) is 12.1. The van der Waals surface area contributed by atoms with Crippen LogP contribution in [0, 0.1) is 0 Å². The molecule has 2 N–H and O–H groups in total. The fraction of sp³-hybridized carbons (Fsp3) is 0. The molecule has 25 heavy (non-hydrogen) atoms. The van der Waals surface area contributed by atoms with Crippen molar-refractivity contribution in [2.45, 2.75) is 0 Å². The van der Waals surface area contributed by atoms with Gasteiger partial charge in [-0.15, -0.1) is 0 Å². The Balaban J connectivity index is 1.81. The van der Waals surface area contributed by atoms with Crippen LogP contribution in [0.5, 0.6) is 0 Å². The molecule has 0 saturated carbocycles. The van der Waals surface area contributed by atoms with Crippen molar-refractivity contribution in [2.24, 2.45) is 0 Å². The van der Waals surface area contributed by atoms with Crippen molar-refractivity contribution in [3.8, 4) is 0 Å². The molecule has 2 amide bonds. The van der Waals surface area contributed by atoms with Crippen molar-refractivity contribution in [3.63, 3.8) is 0 Å². The molecule has 0 spiro atoms. The zero-order valence-corrected chi connectivity index (χ0v) is 14.0. The summed E-state index contributed by atoms with van der Waals surface area (Å²) in [4.78, 5) is 24.9. The highest BCUT2D eigenvalue weighted by atomic mass is 35.5. The third-order valence-electron chi connectivity index (χ3n) is 3.54. The zero-order valence-electron chi connectivity index (χ0n) is 13.2. The van der Waals surface area contributed by atoms with E-state index in [-0.39, 0.29) is 5.78 Å². The van der Waals surface area contributed by atoms with Crippen LogP contribution in [0.3, 0.4) is 0 Å². The summed E-state index contributed by atoms with van der Waals surface area (Å²) in [7, 11) is 0. The van der Waals surface area contributed by atoms with Gasteiger partial charge in [-0.1, -0.05) is 54.1 Å². The van der Waals surface area contributed by atoms with E-state index in [9.17, 15) is 9.59 Å². The van der Waals surface area contributed by atoms with E-state index in [1.165, 1.54) is 0 Å². The van der Waals surface area contributed by atoms with Gasteiger partial charge in [0.15, 0.2) is 5.78 Å². The van der Waals surface area contributed by atoms with Gasteiger partial charge in [0.2, 0.25) is 0 Å². The van der Waals surface area contributed by atoms with Gasteiger partial charge in [-0.3, -0.25) is 4.79 Å². The number of hydrogen-bond acceptors (Lipinski definition) is 2. The lowest BCUT2D eigenvalue weighted by Crippen LogP contribution is -2.21. The largest absolute Gasteiger partial charge is 0.323 e. The highest BCUT2D eigenvalue weighted by Crippen LogP contribution is 2.21. The van der Waals surface area contributed by atoms with Crippen LogP contribution in [0.2, 0.25) is 5.02 Å². The van der Waals surface area contributed by atoms with E-state index < -0.39 is 6.03 Å². The minimum absolute atomic E-state index is 0.210. The number of ketones is 1. The number of hydrogen-bond donors (Lipinski definition) is 2. The molecule has 0 aromatic heterocycles. The Hall–Kier alpha value is -3.11. The lowest BCUT2D eigenvalue weighted by Gasteiger charge is -2.11. The molecule has 0 saturated heterocycles. The summed E-state index contributed by atoms with van der Waals surface area (Å²) in [6, 6.07) is 22.2. The number of carbonyl (C=O) groups is 2.